The molecule has 1 aromatic rings. The van der Waals surface area contributed by atoms with Crippen LogP contribution in [0.2, 0.25) is 0 Å². The summed E-state index contributed by atoms with van der Waals surface area (Å²) in [6, 6.07) is 3.77. The summed E-state index contributed by atoms with van der Waals surface area (Å²) in [5.74, 6) is 1.42. The quantitative estimate of drug-likeness (QED) is 0.470. The lowest BCUT2D eigenvalue weighted by Crippen LogP contribution is -2.37. The Labute approximate surface area is 142 Å². The zero-order chi connectivity index (χ0) is 15.4. The molecule has 0 saturated carbocycles. The van der Waals surface area contributed by atoms with Crippen molar-refractivity contribution in [1.29, 1.82) is 0 Å². The van der Waals surface area contributed by atoms with E-state index in [4.69, 9.17) is 26.4 Å². The lowest BCUT2D eigenvalue weighted by molar-refractivity contribution is 0.114. The molecular formula is C14H16BrN3O3S. The number of hydrazone groups is 1. The molecule has 8 heteroatoms. The first-order valence-corrected chi connectivity index (χ1v) is 8.20. The highest BCUT2D eigenvalue weighted by Crippen LogP contribution is 2.39. The molecule has 0 aliphatic carbocycles. The first-order valence-electron chi connectivity index (χ1n) is 7.00. The van der Waals surface area contributed by atoms with E-state index in [2.05, 4.69) is 31.8 Å². The number of ether oxygens (including phenoxy) is 3. The maximum Gasteiger partial charge on any atom is 0.231 e. The lowest BCUT2D eigenvalue weighted by atomic mass is 10.2. The van der Waals surface area contributed by atoms with Gasteiger partial charge in [0.05, 0.1) is 16.8 Å². The summed E-state index contributed by atoms with van der Waals surface area (Å²) in [5.41, 5.74) is 3.67. The molecule has 3 rings (SSSR count). The number of hydrogen-bond donors (Lipinski definition) is 2. The largest absolute Gasteiger partial charge is 0.454 e. The van der Waals surface area contributed by atoms with Gasteiger partial charge in [0, 0.05) is 13.2 Å². The second kappa shape index (κ2) is 7.26. The normalized spacial score (nSPS) is 19.6. The molecule has 6 nitrogen and oxygen atoms in total. The predicted molar refractivity (Wildman–Crippen MR) is 90.6 cm³/mol. The molecule has 2 heterocycles. The second-order valence-corrected chi connectivity index (χ2v) is 6.21. The lowest BCUT2D eigenvalue weighted by Gasteiger charge is -2.11. The van der Waals surface area contributed by atoms with Crippen LogP contribution in [-0.4, -0.2) is 37.4 Å². The number of thiocarbonyl (C=S) groups is 1. The average Bonchev–Trinajstić information content (AvgIpc) is 3.16. The van der Waals surface area contributed by atoms with E-state index in [1.807, 2.05) is 12.1 Å². The highest BCUT2D eigenvalue weighted by Gasteiger charge is 2.17. The summed E-state index contributed by atoms with van der Waals surface area (Å²) in [6.45, 7) is 1.78. The molecule has 2 aliphatic heterocycles. The second-order valence-electron chi connectivity index (χ2n) is 4.95. The number of benzene rings is 1. The van der Waals surface area contributed by atoms with Gasteiger partial charge in [0.25, 0.3) is 0 Å². The first kappa shape index (κ1) is 15.5. The van der Waals surface area contributed by atoms with Gasteiger partial charge in [0.2, 0.25) is 6.79 Å². The zero-order valence-electron chi connectivity index (χ0n) is 11.8. The molecule has 1 fully saturated rings. The molecule has 0 radical (unpaired) electrons. The van der Waals surface area contributed by atoms with Gasteiger partial charge in [-0.25, -0.2) is 0 Å². The Morgan fingerprint density at radius 3 is 3.18 bits per heavy atom. The predicted octanol–water partition coefficient (Wildman–Crippen LogP) is 2.15. The summed E-state index contributed by atoms with van der Waals surface area (Å²) in [4.78, 5) is 0. The van der Waals surface area contributed by atoms with Crippen molar-refractivity contribution in [1.82, 2.24) is 10.7 Å². The van der Waals surface area contributed by atoms with E-state index in [9.17, 15) is 0 Å². The molecule has 1 aromatic carbocycles. The Hall–Kier alpha value is -1.38. The fourth-order valence-corrected chi connectivity index (χ4v) is 2.99. The van der Waals surface area contributed by atoms with Crippen LogP contribution in [0, 0.1) is 0 Å². The standard InChI is InChI=1S/C14H16BrN3O3S/c15-11-4-9(5-12-13(11)21-8-20-12)6-17-18-14(22)16-7-10-2-1-3-19-10/h4-6,10H,1-3,7-8H2,(H2,16,18,22)/b17-6-/t10-/m0/s1. The van der Waals surface area contributed by atoms with E-state index in [1.165, 1.54) is 0 Å². The van der Waals surface area contributed by atoms with Crippen molar-refractivity contribution in [2.45, 2.75) is 18.9 Å². The molecule has 118 valence electrons. The van der Waals surface area contributed by atoms with Crippen LogP contribution in [-0.2, 0) is 4.74 Å². The van der Waals surface area contributed by atoms with E-state index in [0.29, 0.717) is 17.4 Å². The fraction of sp³-hybridized carbons (Fsp3) is 0.429. The third-order valence-corrected chi connectivity index (χ3v) is 4.17. The molecule has 1 saturated heterocycles. The number of rotatable bonds is 4. The number of nitrogens with zero attached hydrogens (tertiary/aromatic N) is 1. The van der Waals surface area contributed by atoms with Crippen LogP contribution in [0.15, 0.2) is 21.7 Å². The van der Waals surface area contributed by atoms with E-state index in [1.54, 1.807) is 6.21 Å². The van der Waals surface area contributed by atoms with Crippen LogP contribution in [0.25, 0.3) is 0 Å². The molecule has 2 N–H and O–H groups in total. The van der Waals surface area contributed by atoms with E-state index >= 15 is 0 Å². The Kier molecular flexibility index (Phi) is 5.12. The minimum atomic E-state index is 0.240. The van der Waals surface area contributed by atoms with Crippen LogP contribution in [0.1, 0.15) is 18.4 Å². The van der Waals surface area contributed by atoms with E-state index < -0.39 is 0 Å². The number of nitrogens with one attached hydrogen (secondary N) is 2. The Morgan fingerprint density at radius 2 is 2.36 bits per heavy atom. The molecular weight excluding hydrogens is 370 g/mol. The van der Waals surface area contributed by atoms with Gasteiger partial charge in [0.15, 0.2) is 16.6 Å². The van der Waals surface area contributed by atoms with E-state index in [0.717, 1.165) is 35.2 Å². The van der Waals surface area contributed by atoms with Gasteiger partial charge < -0.3 is 19.5 Å². The van der Waals surface area contributed by atoms with Gasteiger partial charge in [-0.1, -0.05) is 0 Å². The Morgan fingerprint density at radius 1 is 1.45 bits per heavy atom. The maximum absolute atomic E-state index is 5.51. The smallest absolute Gasteiger partial charge is 0.231 e. The minimum Gasteiger partial charge on any atom is -0.454 e. The maximum atomic E-state index is 5.51. The van der Waals surface area contributed by atoms with Gasteiger partial charge in [-0.05, 0) is 58.7 Å². The van der Waals surface area contributed by atoms with Crippen molar-refractivity contribution in [2.24, 2.45) is 5.10 Å². The van der Waals surface area contributed by atoms with E-state index in [-0.39, 0.29) is 12.9 Å². The molecule has 0 aromatic heterocycles. The summed E-state index contributed by atoms with van der Waals surface area (Å²) in [6.07, 6.45) is 4.11. The third kappa shape index (κ3) is 3.88. The molecule has 0 unspecified atom stereocenters. The number of halogens is 1. The van der Waals surface area contributed by atoms with Crippen molar-refractivity contribution in [2.75, 3.05) is 19.9 Å². The Balaban J connectivity index is 1.49. The molecule has 0 spiro atoms. The van der Waals surface area contributed by atoms with Gasteiger partial charge in [0.1, 0.15) is 0 Å². The minimum absolute atomic E-state index is 0.240. The van der Waals surface area contributed by atoms with Crippen LogP contribution in [0.4, 0.5) is 0 Å². The monoisotopic (exact) mass is 385 g/mol. The summed E-state index contributed by atoms with van der Waals surface area (Å²) in [7, 11) is 0. The fourth-order valence-electron chi connectivity index (χ4n) is 2.28. The third-order valence-electron chi connectivity index (χ3n) is 3.34. The highest BCUT2D eigenvalue weighted by molar-refractivity contribution is 9.10. The summed E-state index contributed by atoms with van der Waals surface area (Å²) < 4.78 is 17.0. The molecule has 1 atom stereocenters. The van der Waals surface area contributed by atoms with Crippen LogP contribution < -0.4 is 20.2 Å². The summed E-state index contributed by atoms with van der Waals surface area (Å²) >= 11 is 8.61. The van der Waals surface area contributed by atoms with Crippen molar-refractivity contribution >= 4 is 39.5 Å². The molecule has 2 aliphatic rings. The van der Waals surface area contributed by atoms with Crippen molar-refractivity contribution in [3.8, 4) is 11.5 Å². The van der Waals surface area contributed by atoms with Gasteiger partial charge >= 0.3 is 0 Å². The van der Waals surface area contributed by atoms with Crippen LogP contribution in [0.5, 0.6) is 11.5 Å². The summed E-state index contributed by atoms with van der Waals surface area (Å²) in [5, 5.41) is 7.69. The SMILES string of the molecule is S=C(NC[C@@H]1CCCO1)N/N=C\c1cc(Br)c2c(c1)OCO2. The highest BCUT2D eigenvalue weighted by atomic mass is 79.9. The molecule has 0 amide bonds. The zero-order valence-corrected chi connectivity index (χ0v) is 14.2. The van der Waals surface area contributed by atoms with Crippen molar-refractivity contribution in [3.05, 3.63) is 22.2 Å². The average molecular weight is 386 g/mol. The number of fused-ring (bicyclic) bond motifs is 1. The topological polar surface area (TPSA) is 64.1 Å². The van der Waals surface area contributed by atoms with Crippen LogP contribution in [0.3, 0.4) is 0 Å². The van der Waals surface area contributed by atoms with Crippen molar-refractivity contribution < 1.29 is 14.2 Å². The molecule has 22 heavy (non-hydrogen) atoms. The first-order chi connectivity index (χ1) is 10.7. The van der Waals surface area contributed by atoms with Gasteiger partial charge in [-0.3, -0.25) is 5.43 Å². The Bertz CT molecular complexity index is 591. The van der Waals surface area contributed by atoms with Gasteiger partial charge in [-0.15, -0.1) is 0 Å². The van der Waals surface area contributed by atoms with Crippen molar-refractivity contribution in [3.63, 3.8) is 0 Å². The van der Waals surface area contributed by atoms with Crippen LogP contribution >= 0.6 is 28.1 Å². The van der Waals surface area contributed by atoms with Gasteiger partial charge in [-0.2, -0.15) is 5.10 Å². The molecule has 0 bridgehead atoms. The number of hydrogen-bond acceptors (Lipinski definition) is 5.